The lowest BCUT2D eigenvalue weighted by Gasteiger charge is -2.46. The highest BCUT2D eigenvalue weighted by Gasteiger charge is 2.50. The van der Waals surface area contributed by atoms with Crippen LogP contribution in [-0.2, 0) is 14.2 Å². The van der Waals surface area contributed by atoms with Gasteiger partial charge < -0.3 is 55.3 Å². The van der Waals surface area contributed by atoms with E-state index in [1.165, 1.54) is 24.3 Å². The van der Waals surface area contributed by atoms with E-state index in [0.29, 0.717) is 0 Å². The molecule has 1 aromatic carbocycles. The van der Waals surface area contributed by atoms with Gasteiger partial charge in [0.05, 0.1) is 24.2 Å². The zero-order valence-electron chi connectivity index (χ0n) is 16.7. The second-order valence-electron chi connectivity index (χ2n) is 7.46. The van der Waals surface area contributed by atoms with Gasteiger partial charge in [0.25, 0.3) is 5.69 Å². The number of ether oxygens (including phenoxy) is 4. The molecule has 32 heavy (non-hydrogen) atoms. The maximum Gasteiger partial charge on any atom is 0.269 e. The molecule has 2 saturated heterocycles. The third-order valence-electron chi connectivity index (χ3n) is 5.34. The predicted octanol–water partition coefficient (Wildman–Crippen LogP) is -3.44. The van der Waals surface area contributed by atoms with Crippen LogP contribution in [0.4, 0.5) is 5.69 Å². The zero-order chi connectivity index (χ0) is 23.6. The van der Waals surface area contributed by atoms with Crippen molar-refractivity contribution in [2.45, 2.75) is 61.3 Å². The Morgan fingerprint density at radius 2 is 1.50 bits per heavy atom. The smallest absolute Gasteiger partial charge is 0.269 e. The van der Waals surface area contributed by atoms with Gasteiger partial charge in [0.1, 0.15) is 48.5 Å². The minimum absolute atomic E-state index is 0.100. The Morgan fingerprint density at radius 3 is 2.06 bits per heavy atom. The number of nitrogens with two attached hydrogens (primary N) is 1. The molecule has 0 bridgehead atoms. The first-order valence-electron chi connectivity index (χ1n) is 9.75. The minimum Gasteiger partial charge on any atom is -0.462 e. The van der Waals surface area contributed by atoms with E-state index in [2.05, 4.69) is 0 Å². The molecule has 14 heteroatoms. The fourth-order valence-electron chi connectivity index (χ4n) is 3.48. The van der Waals surface area contributed by atoms with Crippen LogP contribution in [0.3, 0.4) is 0 Å². The van der Waals surface area contributed by atoms with Crippen LogP contribution >= 0.6 is 0 Å². The van der Waals surface area contributed by atoms with Gasteiger partial charge >= 0.3 is 0 Å². The zero-order valence-corrected chi connectivity index (χ0v) is 16.7. The molecule has 0 spiro atoms. The van der Waals surface area contributed by atoms with Gasteiger partial charge in [0, 0.05) is 12.1 Å². The topological polar surface area (TPSA) is 227 Å². The average Bonchev–Trinajstić information content (AvgIpc) is 2.79. The van der Waals surface area contributed by atoms with Gasteiger partial charge in [-0.05, 0) is 12.1 Å². The molecule has 0 amide bonds. The maximum absolute atomic E-state index is 10.7. The second kappa shape index (κ2) is 10.3. The second-order valence-corrected chi connectivity index (χ2v) is 7.46. The molecule has 14 nitrogen and oxygen atoms in total. The van der Waals surface area contributed by atoms with Gasteiger partial charge in [0.15, 0.2) is 6.29 Å². The molecule has 10 atom stereocenters. The summed E-state index contributed by atoms with van der Waals surface area (Å²) in [5, 5.41) is 70.7. The minimum atomic E-state index is -1.68. The van der Waals surface area contributed by atoms with Crippen molar-refractivity contribution in [3.8, 4) is 5.75 Å². The van der Waals surface area contributed by atoms with Gasteiger partial charge in [0.2, 0.25) is 6.29 Å². The molecule has 2 aliphatic rings. The van der Waals surface area contributed by atoms with E-state index in [1.54, 1.807) is 0 Å². The van der Waals surface area contributed by atoms with E-state index in [9.17, 15) is 40.8 Å². The first kappa shape index (κ1) is 24.7. The van der Waals surface area contributed by atoms with Gasteiger partial charge in [-0.3, -0.25) is 10.1 Å². The maximum atomic E-state index is 10.7. The molecule has 2 aliphatic heterocycles. The van der Waals surface area contributed by atoms with Crippen molar-refractivity contribution < 1.29 is 54.5 Å². The first-order chi connectivity index (χ1) is 15.2. The summed E-state index contributed by atoms with van der Waals surface area (Å²) in [5.41, 5.74) is 5.64. The number of nitro benzene ring substituents is 1. The molecule has 3 rings (SSSR count). The van der Waals surface area contributed by atoms with Crippen LogP contribution in [0.15, 0.2) is 24.3 Å². The summed E-state index contributed by atoms with van der Waals surface area (Å²) in [4.78, 5) is 10.1. The molecule has 0 aromatic heterocycles. The van der Waals surface area contributed by atoms with Crippen LogP contribution in [0.25, 0.3) is 0 Å². The van der Waals surface area contributed by atoms with Gasteiger partial charge in [-0.1, -0.05) is 0 Å². The largest absolute Gasteiger partial charge is 0.462 e. The number of aliphatic hydroxyl groups is 6. The number of hydrogen-bond acceptors (Lipinski definition) is 13. The molecule has 0 radical (unpaired) electrons. The summed E-state index contributed by atoms with van der Waals surface area (Å²) < 4.78 is 21.8. The lowest BCUT2D eigenvalue weighted by Crippen LogP contribution is -2.66. The Kier molecular flexibility index (Phi) is 7.94. The molecule has 0 aliphatic carbocycles. The Labute approximate surface area is 181 Å². The monoisotopic (exact) mass is 462 g/mol. The van der Waals surface area contributed by atoms with E-state index in [0.717, 1.165) is 0 Å². The lowest BCUT2D eigenvalue weighted by atomic mass is 9.96. The van der Waals surface area contributed by atoms with Crippen molar-refractivity contribution in [3.05, 3.63) is 34.4 Å². The number of nitrogens with zero attached hydrogens (tertiary/aromatic N) is 1. The third kappa shape index (κ3) is 4.99. The van der Waals surface area contributed by atoms with Crippen molar-refractivity contribution in [1.82, 2.24) is 0 Å². The van der Waals surface area contributed by atoms with Crippen LogP contribution in [0.1, 0.15) is 0 Å². The Morgan fingerprint density at radius 1 is 0.906 bits per heavy atom. The molecule has 0 saturated carbocycles. The van der Waals surface area contributed by atoms with E-state index in [1.807, 2.05) is 0 Å². The van der Waals surface area contributed by atoms with E-state index < -0.39 is 79.5 Å². The van der Waals surface area contributed by atoms with Crippen LogP contribution < -0.4 is 10.5 Å². The summed E-state index contributed by atoms with van der Waals surface area (Å²) in [6.45, 7) is -1.32. The van der Waals surface area contributed by atoms with Crippen LogP contribution in [0.2, 0.25) is 0 Å². The summed E-state index contributed by atoms with van der Waals surface area (Å²) >= 11 is 0. The molecular weight excluding hydrogens is 436 g/mol. The third-order valence-corrected chi connectivity index (χ3v) is 5.34. The number of non-ortho nitro benzene ring substituents is 1. The van der Waals surface area contributed by atoms with E-state index in [-0.39, 0.29) is 11.4 Å². The highest BCUT2D eigenvalue weighted by molar-refractivity contribution is 5.36. The highest BCUT2D eigenvalue weighted by atomic mass is 16.7. The summed E-state index contributed by atoms with van der Waals surface area (Å²) in [7, 11) is 0. The van der Waals surface area contributed by atoms with Crippen molar-refractivity contribution in [2.24, 2.45) is 5.73 Å². The Hall–Kier alpha value is -1.98. The number of aliphatic hydroxyl groups excluding tert-OH is 6. The quantitative estimate of drug-likeness (QED) is 0.155. The average molecular weight is 462 g/mol. The number of benzene rings is 1. The van der Waals surface area contributed by atoms with E-state index in [4.69, 9.17) is 24.7 Å². The van der Waals surface area contributed by atoms with Gasteiger partial charge in [-0.25, -0.2) is 0 Å². The standard InChI is InChI=1S/C18H26N2O12/c19-11-13(24)12(23)9(5-21)30-17(11)32-16-10(6-22)31-18(15(26)14(16)25)29-8-3-1-7(2-4-8)20(27)28/h1-4,9-18,21-26H,5-6,19H2/t9-,10-,11-,12-,13-,14-,15-,16+,17+,18-/m1/s1. The summed E-state index contributed by atoms with van der Waals surface area (Å²) in [6, 6.07) is 3.62. The molecule has 180 valence electrons. The molecule has 8 N–H and O–H groups in total. The van der Waals surface area contributed by atoms with Crippen LogP contribution in [0, 0.1) is 10.1 Å². The van der Waals surface area contributed by atoms with Crippen molar-refractivity contribution in [3.63, 3.8) is 0 Å². The SMILES string of the molecule is N[C@H]1[C@H](O[C@@H]2[C@H](O)[C@@H](O)[C@H](Oc3ccc([N+](=O)[O-])cc3)O[C@@H]2CO)O[C@H](CO)[C@@H](O)[C@@H]1O. The molecule has 0 unspecified atom stereocenters. The molecular formula is C18H26N2O12. The van der Waals surface area contributed by atoms with Crippen molar-refractivity contribution in [2.75, 3.05) is 13.2 Å². The fourth-order valence-corrected chi connectivity index (χ4v) is 3.48. The Bertz CT molecular complexity index is 763. The van der Waals surface area contributed by atoms with Crippen molar-refractivity contribution in [1.29, 1.82) is 0 Å². The number of rotatable bonds is 7. The van der Waals surface area contributed by atoms with E-state index >= 15 is 0 Å². The fraction of sp³-hybridized carbons (Fsp3) is 0.667. The Balaban J connectivity index is 1.70. The first-order valence-corrected chi connectivity index (χ1v) is 9.75. The summed E-state index contributed by atoms with van der Waals surface area (Å²) in [6.07, 6.45) is -13.0. The highest BCUT2D eigenvalue weighted by Crippen LogP contribution is 2.30. The molecule has 2 heterocycles. The number of nitro groups is 1. The van der Waals surface area contributed by atoms with Crippen LogP contribution in [-0.4, -0.2) is 110 Å². The van der Waals surface area contributed by atoms with Gasteiger partial charge in [-0.15, -0.1) is 0 Å². The molecule has 1 aromatic rings. The predicted molar refractivity (Wildman–Crippen MR) is 102 cm³/mol. The molecule has 2 fully saturated rings. The summed E-state index contributed by atoms with van der Waals surface area (Å²) in [5.74, 6) is 0.100. The normalized spacial score (nSPS) is 40.1. The lowest BCUT2D eigenvalue weighted by molar-refractivity contribution is -0.384. The van der Waals surface area contributed by atoms with Crippen molar-refractivity contribution >= 4 is 5.69 Å². The van der Waals surface area contributed by atoms with Crippen LogP contribution in [0.5, 0.6) is 5.75 Å². The number of hydrogen-bond donors (Lipinski definition) is 7. The van der Waals surface area contributed by atoms with Gasteiger partial charge in [-0.2, -0.15) is 0 Å².